The van der Waals surface area contributed by atoms with Gasteiger partial charge in [-0.2, -0.15) is 8.78 Å². The maximum atomic E-state index is 12.2. The number of hydrogen-bond donors (Lipinski definition) is 2. The van der Waals surface area contributed by atoms with E-state index in [1.54, 1.807) is 12.1 Å². The van der Waals surface area contributed by atoms with E-state index in [1.807, 2.05) is 6.92 Å². The molecule has 144 valence electrons. The summed E-state index contributed by atoms with van der Waals surface area (Å²) in [7, 11) is 1.50. The van der Waals surface area contributed by atoms with Gasteiger partial charge in [-0.1, -0.05) is 0 Å². The maximum Gasteiger partial charge on any atom is 0.387 e. The van der Waals surface area contributed by atoms with Gasteiger partial charge in [0.25, 0.3) is 0 Å². The number of anilines is 1. The Morgan fingerprint density at radius 3 is 2.54 bits per heavy atom. The Labute approximate surface area is 160 Å². The highest BCUT2D eigenvalue weighted by atomic mass is 35.5. The molecule has 2 rings (SSSR count). The van der Waals surface area contributed by atoms with Gasteiger partial charge in [0.15, 0.2) is 5.13 Å². The van der Waals surface area contributed by atoms with Gasteiger partial charge in [-0.15, -0.1) is 23.7 Å². The quantitative estimate of drug-likeness (QED) is 0.700. The summed E-state index contributed by atoms with van der Waals surface area (Å²) in [4.78, 5) is 17.3. The van der Waals surface area contributed by atoms with E-state index in [1.165, 1.54) is 30.6 Å². The maximum absolute atomic E-state index is 12.2. The first-order valence-corrected chi connectivity index (χ1v) is 8.30. The number of hydrogen-bond acceptors (Lipinski definition) is 6. The van der Waals surface area contributed by atoms with Gasteiger partial charge in [0.2, 0.25) is 5.91 Å². The van der Waals surface area contributed by atoms with E-state index in [2.05, 4.69) is 15.0 Å². The Balaban J connectivity index is 0.00000338. The molecule has 1 heterocycles. The fourth-order valence-corrected chi connectivity index (χ4v) is 3.00. The molecule has 1 atom stereocenters. The van der Waals surface area contributed by atoms with Crippen molar-refractivity contribution in [2.45, 2.75) is 26.1 Å². The summed E-state index contributed by atoms with van der Waals surface area (Å²) in [5, 5.41) is 3.17. The molecule has 1 amide bonds. The van der Waals surface area contributed by atoms with E-state index in [4.69, 9.17) is 10.5 Å². The summed E-state index contributed by atoms with van der Waals surface area (Å²) in [6.07, 6.45) is -0.205. The van der Waals surface area contributed by atoms with E-state index in [0.717, 1.165) is 10.4 Å². The lowest BCUT2D eigenvalue weighted by molar-refractivity contribution is -0.118. The van der Waals surface area contributed by atoms with E-state index in [0.29, 0.717) is 10.8 Å². The molecule has 1 aromatic carbocycles. The Morgan fingerprint density at radius 2 is 2.00 bits per heavy atom. The van der Waals surface area contributed by atoms with Gasteiger partial charge in [0.05, 0.1) is 18.2 Å². The summed E-state index contributed by atoms with van der Waals surface area (Å²) in [6.45, 7) is -0.749. The predicted octanol–water partition coefficient (Wildman–Crippen LogP) is 3.44. The molecule has 0 aliphatic heterocycles. The third-order valence-corrected chi connectivity index (χ3v) is 4.29. The van der Waals surface area contributed by atoms with Crippen molar-refractivity contribution in [3.63, 3.8) is 0 Å². The lowest BCUT2D eigenvalue weighted by Gasteiger charge is -2.11. The van der Waals surface area contributed by atoms with Crippen molar-refractivity contribution in [2.24, 2.45) is 5.73 Å². The van der Waals surface area contributed by atoms with Crippen molar-refractivity contribution in [1.29, 1.82) is 0 Å². The molecule has 0 saturated heterocycles. The van der Waals surface area contributed by atoms with Gasteiger partial charge >= 0.3 is 6.61 Å². The molecule has 0 fully saturated rings. The number of aryl methyl sites for hydroxylation is 1. The minimum Gasteiger partial charge on any atom is -0.435 e. The van der Waals surface area contributed by atoms with Crippen molar-refractivity contribution in [3.05, 3.63) is 29.1 Å². The van der Waals surface area contributed by atoms with Crippen LogP contribution in [0.3, 0.4) is 0 Å². The summed E-state index contributed by atoms with van der Waals surface area (Å²) in [5.74, 6) is -0.161. The van der Waals surface area contributed by atoms with E-state index in [9.17, 15) is 13.6 Å². The van der Waals surface area contributed by atoms with E-state index in [-0.39, 0.29) is 43.1 Å². The number of nitrogens with one attached hydrogen (secondary N) is 1. The molecule has 3 N–H and O–H groups in total. The van der Waals surface area contributed by atoms with Crippen LogP contribution in [0, 0.1) is 6.92 Å². The van der Waals surface area contributed by atoms with Crippen LogP contribution in [-0.4, -0.2) is 37.3 Å². The summed E-state index contributed by atoms with van der Waals surface area (Å²) < 4.78 is 33.8. The van der Waals surface area contributed by atoms with Crippen molar-refractivity contribution in [2.75, 3.05) is 19.0 Å². The number of nitrogens with zero attached hydrogens (tertiary/aromatic N) is 1. The lowest BCUT2D eigenvalue weighted by Crippen LogP contribution is -2.28. The number of carbonyl (C=O) groups excluding carboxylic acids is 1. The number of benzene rings is 1. The number of aromatic nitrogens is 1. The second-order valence-electron chi connectivity index (χ2n) is 5.17. The smallest absolute Gasteiger partial charge is 0.387 e. The fraction of sp³-hybridized carbons (Fsp3) is 0.375. The molecule has 0 bridgehead atoms. The average Bonchev–Trinajstić information content (AvgIpc) is 2.93. The predicted molar refractivity (Wildman–Crippen MR) is 99.3 cm³/mol. The molecule has 0 radical (unpaired) electrons. The number of nitrogens with two attached hydrogens (primary N) is 1. The Hall–Kier alpha value is -1.81. The van der Waals surface area contributed by atoms with Crippen LogP contribution < -0.4 is 15.8 Å². The number of carbonyl (C=O) groups is 1. The van der Waals surface area contributed by atoms with Crippen molar-refractivity contribution >= 4 is 34.8 Å². The molecular formula is C16H20ClF2N3O3S. The molecule has 0 aliphatic rings. The van der Waals surface area contributed by atoms with Crippen LogP contribution in [0.5, 0.6) is 5.75 Å². The summed E-state index contributed by atoms with van der Waals surface area (Å²) >= 11 is 1.33. The second kappa shape index (κ2) is 10.4. The van der Waals surface area contributed by atoms with Gasteiger partial charge < -0.3 is 20.5 Å². The molecule has 0 saturated carbocycles. The Bertz CT molecular complexity index is 709. The lowest BCUT2D eigenvalue weighted by atomic mass is 10.1. The van der Waals surface area contributed by atoms with Gasteiger partial charge in [0.1, 0.15) is 5.75 Å². The molecule has 6 nitrogen and oxygen atoms in total. The molecule has 2 aromatic rings. The average molecular weight is 408 g/mol. The molecular weight excluding hydrogens is 388 g/mol. The van der Waals surface area contributed by atoms with Gasteiger partial charge in [-0.25, -0.2) is 4.98 Å². The number of methoxy groups -OCH3 is 1. The second-order valence-corrected chi connectivity index (χ2v) is 6.38. The van der Waals surface area contributed by atoms with Crippen LogP contribution in [0.1, 0.15) is 11.3 Å². The standard InChI is InChI=1S/C16H19F2N3O3S.ClH/c1-9-14(10-3-5-11(6-4-10)24-15(17)18)21-16(25-9)20-13(22)7-12(8-19)23-2;/h3-6,12,15H,7-8,19H2,1-2H3,(H,20,21,22);1H. The van der Waals surface area contributed by atoms with E-state index >= 15 is 0 Å². The largest absolute Gasteiger partial charge is 0.435 e. The zero-order valence-electron chi connectivity index (χ0n) is 14.2. The molecule has 0 spiro atoms. The molecule has 10 heteroatoms. The number of rotatable bonds is 8. The van der Waals surface area contributed by atoms with Gasteiger partial charge in [-0.3, -0.25) is 4.79 Å². The third-order valence-electron chi connectivity index (χ3n) is 3.41. The van der Waals surface area contributed by atoms with Gasteiger partial charge in [0, 0.05) is 24.1 Å². The number of amides is 1. The minimum atomic E-state index is -2.86. The highest BCUT2D eigenvalue weighted by Crippen LogP contribution is 2.31. The molecule has 0 aliphatic carbocycles. The number of alkyl halides is 2. The zero-order chi connectivity index (χ0) is 18.4. The van der Waals surface area contributed by atoms with Crippen molar-refractivity contribution in [1.82, 2.24) is 4.98 Å². The molecule has 26 heavy (non-hydrogen) atoms. The third kappa shape index (κ3) is 6.17. The first kappa shape index (κ1) is 22.2. The summed E-state index contributed by atoms with van der Waals surface area (Å²) in [6, 6.07) is 6.17. The first-order chi connectivity index (χ1) is 11.9. The first-order valence-electron chi connectivity index (χ1n) is 7.48. The van der Waals surface area contributed by atoms with Crippen molar-refractivity contribution < 1.29 is 23.0 Å². The van der Waals surface area contributed by atoms with Crippen LogP contribution in [0.15, 0.2) is 24.3 Å². The van der Waals surface area contributed by atoms with E-state index < -0.39 is 6.61 Å². The Morgan fingerprint density at radius 1 is 1.35 bits per heavy atom. The number of ether oxygens (including phenoxy) is 2. The van der Waals surface area contributed by atoms with Crippen LogP contribution in [0.25, 0.3) is 11.3 Å². The topological polar surface area (TPSA) is 86.5 Å². The minimum absolute atomic E-state index is 0. The highest BCUT2D eigenvalue weighted by Gasteiger charge is 2.15. The van der Waals surface area contributed by atoms with Gasteiger partial charge in [-0.05, 0) is 31.2 Å². The van der Waals surface area contributed by atoms with Crippen molar-refractivity contribution in [3.8, 4) is 17.0 Å². The fourth-order valence-electron chi connectivity index (χ4n) is 2.15. The van der Waals surface area contributed by atoms with Crippen LogP contribution >= 0.6 is 23.7 Å². The normalized spacial score (nSPS) is 11.8. The monoisotopic (exact) mass is 407 g/mol. The zero-order valence-corrected chi connectivity index (χ0v) is 15.8. The Kier molecular flexibility index (Phi) is 8.86. The molecule has 1 unspecified atom stereocenters. The number of thiazole rings is 1. The number of halogens is 3. The SMILES string of the molecule is COC(CN)CC(=O)Nc1nc(-c2ccc(OC(F)F)cc2)c(C)s1.Cl. The highest BCUT2D eigenvalue weighted by molar-refractivity contribution is 7.16. The van der Waals surface area contributed by atoms with Crippen LogP contribution in [0.4, 0.5) is 13.9 Å². The van der Waals surface area contributed by atoms with Crippen LogP contribution in [0.2, 0.25) is 0 Å². The summed E-state index contributed by atoms with van der Waals surface area (Å²) in [5.41, 5.74) is 6.91. The molecule has 1 aromatic heterocycles. The van der Waals surface area contributed by atoms with Crippen LogP contribution in [-0.2, 0) is 9.53 Å².